The second-order valence-corrected chi connectivity index (χ2v) is 6.80. The van der Waals surface area contributed by atoms with Gasteiger partial charge in [-0.1, -0.05) is 30.3 Å². The Morgan fingerprint density at radius 1 is 1.33 bits per heavy atom. The summed E-state index contributed by atoms with van der Waals surface area (Å²) in [5, 5.41) is 11.4. The Kier molecular flexibility index (Phi) is 4.96. The minimum absolute atomic E-state index is 0.0774. The van der Waals surface area contributed by atoms with E-state index in [1.165, 1.54) is 5.56 Å². The van der Waals surface area contributed by atoms with Gasteiger partial charge in [-0.3, -0.25) is 4.79 Å². The molecule has 1 aromatic rings. The van der Waals surface area contributed by atoms with Crippen LogP contribution in [-0.2, 0) is 4.79 Å². The Balaban J connectivity index is 1.52. The lowest BCUT2D eigenvalue weighted by Gasteiger charge is -2.20. The molecule has 24 heavy (non-hydrogen) atoms. The molecule has 3 rings (SSSR count). The molecule has 126 valence electrons. The van der Waals surface area contributed by atoms with Gasteiger partial charge in [0.1, 0.15) is 0 Å². The van der Waals surface area contributed by atoms with E-state index in [2.05, 4.69) is 57.7 Å². The van der Waals surface area contributed by atoms with E-state index in [0.29, 0.717) is 25.2 Å². The van der Waals surface area contributed by atoms with Gasteiger partial charge in [-0.25, -0.2) is 0 Å². The fourth-order valence-electron chi connectivity index (χ4n) is 3.45. The van der Waals surface area contributed by atoms with Crippen LogP contribution in [0.4, 0.5) is 0 Å². The van der Waals surface area contributed by atoms with Crippen LogP contribution in [0.1, 0.15) is 37.2 Å². The number of likely N-dealkylation sites (N-methyl/N-ethyl adjacent to an activating group) is 1. The second kappa shape index (κ2) is 7.14. The zero-order valence-electron chi connectivity index (χ0n) is 14.1. The Morgan fingerprint density at radius 2 is 2.08 bits per heavy atom. The highest BCUT2D eigenvalue weighted by atomic mass is 16.1. The Labute approximate surface area is 143 Å². The van der Waals surface area contributed by atoms with Gasteiger partial charge >= 0.3 is 0 Å². The van der Waals surface area contributed by atoms with Crippen molar-refractivity contribution < 1.29 is 4.79 Å². The van der Waals surface area contributed by atoms with Gasteiger partial charge in [0, 0.05) is 50.7 Å². The number of amides is 1. The number of carbonyl (C=O) groups is 1. The zero-order chi connectivity index (χ0) is 17.0. The quantitative estimate of drug-likeness (QED) is 0.784. The van der Waals surface area contributed by atoms with Crippen LogP contribution in [0.3, 0.4) is 0 Å². The standard InChI is InChI=1S/C19H24N4O/c1-3-4-11-19(21-22-19)12-10-18(24)20-17-14-23(2)13-16(17)15-8-6-5-7-9-15/h1,5-9,16-17H,4,10-14H2,2H3,(H,20,24). The maximum atomic E-state index is 12.4. The lowest BCUT2D eigenvalue weighted by atomic mass is 9.94. The molecule has 0 aromatic heterocycles. The number of nitrogens with zero attached hydrogens (tertiary/aromatic N) is 3. The van der Waals surface area contributed by atoms with E-state index >= 15 is 0 Å². The smallest absolute Gasteiger partial charge is 0.220 e. The van der Waals surface area contributed by atoms with Gasteiger partial charge in [-0.15, -0.1) is 12.3 Å². The van der Waals surface area contributed by atoms with E-state index < -0.39 is 0 Å². The first kappa shape index (κ1) is 16.7. The summed E-state index contributed by atoms with van der Waals surface area (Å²) >= 11 is 0. The lowest BCUT2D eigenvalue weighted by Crippen LogP contribution is -2.40. The molecule has 1 aromatic carbocycles. The fraction of sp³-hybridized carbons (Fsp3) is 0.526. The fourth-order valence-corrected chi connectivity index (χ4v) is 3.45. The first-order valence-electron chi connectivity index (χ1n) is 8.52. The van der Waals surface area contributed by atoms with Gasteiger partial charge in [-0.2, -0.15) is 10.2 Å². The molecule has 1 N–H and O–H groups in total. The van der Waals surface area contributed by atoms with Crippen molar-refractivity contribution in [2.45, 2.75) is 43.3 Å². The van der Waals surface area contributed by atoms with Gasteiger partial charge in [0.2, 0.25) is 5.91 Å². The van der Waals surface area contributed by atoms with Crippen molar-refractivity contribution in [2.24, 2.45) is 10.2 Å². The van der Waals surface area contributed by atoms with Gasteiger partial charge in [0.15, 0.2) is 5.66 Å². The van der Waals surface area contributed by atoms with E-state index in [0.717, 1.165) is 19.5 Å². The Bertz CT molecular complexity index is 643. The topological polar surface area (TPSA) is 57.1 Å². The summed E-state index contributed by atoms with van der Waals surface area (Å²) in [7, 11) is 2.10. The first-order valence-corrected chi connectivity index (χ1v) is 8.52. The molecule has 2 unspecified atom stereocenters. The van der Waals surface area contributed by atoms with E-state index in [1.54, 1.807) is 0 Å². The third-order valence-electron chi connectivity index (χ3n) is 4.88. The highest BCUT2D eigenvalue weighted by molar-refractivity contribution is 5.76. The van der Waals surface area contributed by atoms with Gasteiger partial charge in [0.25, 0.3) is 0 Å². The van der Waals surface area contributed by atoms with Crippen LogP contribution in [0.25, 0.3) is 0 Å². The van der Waals surface area contributed by atoms with Crippen molar-refractivity contribution in [3.63, 3.8) is 0 Å². The molecule has 5 nitrogen and oxygen atoms in total. The molecular formula is C19H24N4O. The normalized spacial score (nSPS) is 24.5. The van der Waals surface area contributed by atoms with Crippen LogP contribution in [0.15, 0.2) is 40.6 Å². The number of hydrogen-bond acceptors (Lipinski definition) is 4. The van der Waals surface area contributed by atoms with Crippen molar-refractivity contribution in [1.82, 2.24) is 10.2 Å². The molecule has 2 heterocycles. The minimum Gasteiger partial charge on any atom is -0.351 e. The first-order chi connectivity index (χ1) is 11.6. The third kappa shape index (κ3) is 4.01. The van der Waals surface area contributed by atoms with E-state index in [4.69, 9.17) is 6.42 Å². The molecule has 5 heteroatoms. The van der Waals surface area contributed by atoms with Crippen LogP contribution in [0.2, 0.25) is 0 Å². The van der Waals surface area contributed by atoms with Crippen LogP contribution in [0.5, 0.6) is 0 Å². The number of benzene rings is 1. The summed E-state index contributed by atoms with van der Waals surface area (Å²) in [5.41, 5.74) is 0.902. The molecule has 0 radical (unpaired) electrons. The van der Waals surface area contributed by atoms with Crippen molar-refractivity contribution in [3.8, 4) is 12.3 Å². The van der Waals surface area contributed by atoms with E-state index in [-0.39, 0.29) is 17.6 Å². The number of likely N-dealkylation sites (tertiary alicyclic amines) is 1. The molecule has 0 saturated carbocycles. The van der Waals surface area contributed by atoms with Crippen molar-refractivity contribution in [3.05, 3.63) is 35.9 Å². The van der Waals surface area contributed by atoms with E-state index in [9.17, 15) is 4.79 Å². The Hall–Kier alpha value is -2.19. The molecule has 1 saturated heterocycles. The van der Waals surface area contributed by atoms with Crippen molar-refractivity contribution in [1.29, 1.82) is 0 Å². The molecule has 2 aliphatic rings. The molecule has 0 aliphatic carbocycles. The maximum Gasteiger partial charge on any atom is 0.220 e. The highest BCUT2D eigenvalue weighted by Gasteiger charge is 2.40. The maximum absolute atomic E-state index is 12.4. The largest absolute Gasteiger partial charge is 0.351 e. The van der Waals surface area contributed by atoms with Gasteiger partial charge in [-0.05, 0) is 12.6 Å². The monoisotopic (exact) mass is 324 g/mol. The molecule has 0 spiro atoms. The minimum atomic E-state index is -0.380. The summed E-state index contributed by atoms with van der Waals surface area (Å²) < 4.78 is 0. The number of carbonyl (C=O) groups excluding carboxylic acids is 1. The number of terminal acetylenes is 1. The lowest BCUT2D eigenvalue weighted by molar-refractivity contribution is -0.122. The summed E-state index contributed by atoms with van der Waals surface area (Å²) in [6, 6.07) is 10.6. The van der Waals surface area contributed by atoms with Crippen LogP contribution >= 0.6 is 0 Å². The van der Waals surface area contributed by atoms with E-state index in [1.807, 2.05) is 6.07 Å². The van der Waals surface area contributed by atoms with Gasteiger partial charge < -0.3 is 10.2 Å². The summed E-state index contributed by atoms with van der Waals surface area (Å²) in [5.74, 6) is 3.03. The number of nitrogens with one attached hydrogen (secondary N) is 1. The number of hydrogen-bond donors (Lipinski definition) is 1. The summed E-state index contributed by atoms with van der Waals surface area (Å²) in [4.78, 5) is 14.6. The molecule has 1 amide bonds. The predicted octanol–water partition coefficient (Wildman–Crippen LogP) is 2.56. The summed E-state index contributed by atoms with van der Waals surface area (Å²) in [6.45, 7) is 1.84. The molecule has 0 bridgehead atoms. The summed E-state index contributed by atoms with van der Waals surface area (Å²) in [6.07, 6.45) is 7.79. The zero-order valence-corrected chi connectivity index (χ0v) is 14.1. The molecular weight excluding hydrogens is 300 g/mol. The number of rotatable bonds is 7. The van der Waals surface area contributed by atoms with Crippen molar-refractivity contribution >= 4 is 5.91 Å². The Morgan fingerprint density at radius 3 is 2.75 bits per heavy atom. The second-order valence-electron chi connectivity index (χ2n) is 6.80. The predicted molar refractivity (Wildman–Crippen MR) is 93.5 cm³/mol. The molecule has 2 aliphatic heterocycles. The average molecular weight is 324 g/mol. The highest BCUT2D eigenvalue weighted by Crippen LogP contribution is 2.37. The molecule has 2 atom stereocenters. The van der Waals surface area contributed by atoms with Gasteiger partial charge in [0.05, 0.1) is 0 Å². The van der Waals surface area contributed by atoms with Crippen LogP contribution in [-0.4, -0.2) is 42.6 Å². The third-order valence-corrected chi connectivity index (χ3v) is 4.88. The SMILES string of the molecule is C#CCCC1(CCC(=O)NC2CN(C)CC2c2ccccc2)N=N1. The average Bonchev–Trinajstić information content (AvgIpc) is 3.28. The van der Waals surface area contributed by atoms with Crippen molar-refractivity contribution in [2.75, 3.05) is 20.1 Å². The van der Waals surface area contributed by atoms with Crippen LogP contribution in [0, 0.1) is 12.3 Å². The molecule has 1 fully saturated rings. The van der Waals surface area contributed by atoms with Crippen LogP contribution < -0.4 is 5.32 Å².